The van der Waals surface area contributed by atoms with Crippen molar-refractivity contribution >= 4 is 9.65 Å². The average Bonchev–Trinajstić information content (AvgIpc) is 1.90. The fraction of sp³-hybridized carbons (Fsp3) is 0.500. The SMILES string of the molecule is C1=CC[O+]=[Si-]OC1. The Labute approximate surface area is 44.5 Å². The zero-order chi connectivity index (χ0) is 4.95. The molecular weight excluding hydrogens is 108 g/mol. The lowest BCUT2D eigenvalue weighted by Crippen LogP contribution is -1.87. The highest BCUT2D eigenvalue weighted by atomic mass is 28.2. The Balaban J connectivity index is 2.38. The van der Waals surface area contributed by atoms with Gasteiger partial charge in [-0.15, -0.1) is 0 Å². The van der Waals surface area contributed by atoms with Crippen molar-refractivity contribution in [2.75, 3.05) is 13.2 Å². The second-order valence-electron chi connectivity index (χ2n) is 1.18. The van der Waals surface area contributed by atoms with Crippen LogP contribution in [0.5, 0.6) is 0 Å². The molecule has 0 fully saturated rings. The third kappa shape index (κ3) is 1.64. The summed E-state index contributed by atoms with van der Waals surface area (Å²) >= 11 is 0. The second kappa shape index (κ2) is 2.68. The predicted octanol–water partition coefficient (Wildman–Crippen LogP) is 0.0732. The maximum absolute atomic E-state index is 4.91. The summed E-state index contributed by atoms with van der Waals surface area (Å²) in [7, 11) is 0.232. The lowest BCUT2D eigenvalue weighted by atomic mass is 10.5. The van der Waals surface area contributed by atoms with Gasteiger partial charge in [-0.25, -0.2) is 0 Å². The van der Waals surface area contributed by atoms with E-state index in [-0.39, 0.29) is 9.65 Å². The number of hydrogen-bond donors (Lipinski definition) is 0. The van der Waals surface area contributed by atoms with Crippen LogP contribution in [-0.2, 0) is 8.52 Å². The van der Waals surface area contributed by atoms with Crippen LogP contribution in [0, 0.1) is 0 Å². The number of rotatable bonds is 0. The molecule has 2 nitrogen and oxygen atoms in total. The lowest BCUT2D eigenvalue weighted by molar-refractivity contribution is 0.129. The van der Waals surface area contributed by atoms with Crippen LogP contribution in [0.15, 0.2) is 12.2 Å². The zero-order valence-electron chi connectivity index (χ0n) is 3.89. The fourth-order valence-electron chi connectivity index (χ4n) is 0.342. The highest BCUT2D eigenvalue weighted by molar-refractivity contribution is 6.07. The molecule has 1 rings (SSSR count). The molecule has 0 bridgehead atoms. The van der Waals surface area contributed by atoms with Gasteiger partial charge in [0.25, 0.3) is 0 Å². The molecular formula is C4H6O2Si. The summed E-state index contributed by atoms with van der Waals surface area (Å²) in [5.41, 5.74) is 0. The van der Waals surface area contributed by atoms with Gasteiger partial charge in [-0.1, -0.05) is 0 Å². The molecule has 0 unspecified atom stereocenters. The van der Waals surface area contributed by atoms with Gasteiger partial charge in [-0.05, 0) is 12.2 Å². The standard InChI is InChI=1S/C4H6O2Si/c1-2-4-6-7-5-3-1/h1-2H,3-4H2. The van der Waals surface area contributed by atoms with Crippen molar-refractivity contribution in [2.45, 2.75) is 0 Å². The van der Waals surface area contributed by atoms with Crippen molar-refractivity contribution < 1.29 is 8.52 Å². The molecule has 0 aromatic carbocycles. The third-order valence-electron chi connectivity index (χ3n) is 0.644. The molecule has 0 aromatic rings. The maximum atomic E-state index is 4.91. The molecule has 1 aliphatic heterocycles. The van der Waals surface area contributed by atoms with Crippen molar-refractivity contribution in [3.05, 3.63) is 12.2 Å². The van der Waals surface area contributed by atoms with Gasteiger partial charge in [0.15, 0.2) is 0 Å². The minimum absolute atomic E-state index is 0.232. The van der Waals surface area contributed by atoms with E-state index >= 15 is 0 Å². The van der Waals surface area contributed by atoms with Crippen LogP contribution in [0.1, 0.15) is 0 Å². The highest BCUT2D eigenvalue weighted by Gasteiger charge is 1.80. The monoisotopic (exact) mass is 114 g/mol. The molecule has 0 N–H and O–H groups in total. The van der Waals surface area contributed by atoms with E-state index in [0.717, 1.165) is 0 Å². The Morgan fingerprint density at radius 1 is 1.57 bits per heavy atom. The van der Waals surface area contributed by atoms with E-state index in [9.17, 15) is 0 Å². The Bertz CT molecular complexity index is 85.9. The Kier molecular flexibility index (Phi) is 1.81. The average molecular weight is 114 g/mol. The van der Waals surface area contributed by atoms with Gasteiger partial charge in [-0.2, -0.15) is 0 Å². The normalized spacial score (nSPS) is 18.3. The van der Waals surface area contributed by atoms with Gasteiger partial charge in [0, 0.05) is 0 Å². The van der Waals surface area contributed by atoms with Gasteiger partial charge in [0.05, 0.1) is 0 Å². The van der Waals surface area contributed by atoms with Crippen LogP contribution in [0.2, 0.25) is 0 Å². The van der Waals surface area contributed by atoms with Gasteiger partial charge < -0.3 is 8.52 Å². The van der Waals surface area contributed by atoms with Crippen molar-refractivity contribution in [3.8, 4) is 0 Å². The topological polar surface area (TPSA) is 20.5 Å². The molecule has 0 spiro atoms. The van der Waals surface area contributed by atoms with Gasteiger partial charge in [0.2, 0.25) is 0 Å². The van der Waals surface area contributed by atoms with Crippen LogP contribution in [0.25, 0.3) is 0 Å². The first-order valence-corrected chi connectivity index (χ1v) is 2.95. The smallest absolute Gasteiger partial charge is 0.407 e. The van der Waals surface area contributed by atoms with E-state index in [2.05, 4.69) is 0 Å². The van der Waals surface area contributed by atoms with E-state index in [1.54, 1.807) is 0 Å². The summed E-state index contributed by atoms with van der Waals surface area (Å²) < 4.78 is 9.83. The predicted molar refractivity (Wildman–Crippen MR) is 26.4 cm³/mol. The zero-order valence-corrected chi connectivity index (χ0v) is 4.89. The molecule has 0 amide bonds. The minimum Gasteiger partial charge on any atom is -0.589 e. The molecule has 0 aromatic heterocycles. The Morgan fingerprint density at radius 3 is 3.57 bits per heavy atom. The van der Waals surface area contributed by atoms with Crippen molar-refractivity contribution in [2.24, 2.45) is 0 Å². The maximum Gasteiger partial charge on any atom is 0.407 e. The molecule has 0 atom stereocenters. The summed E-state index contributed by atoms with van der Waals surface area (Å²) in [4.78, 5) is 0. The second-order valence-corrected chi connectivity index (χ2v) is 1.92. The van der Waals surface area contributed by atoms with Crippen LogP contribution in [0.3, 0.4) is 0 Å². The molecule has 38 valence electrons. The van der Waals surface area contributed by atoms with Crippen molar-refractivity contribution in [1.82, 2.24) is 0 Å². The van der Waals surface area contributed by atoms with Crippen LogP contribution < -0.4 is 0 Å². The van der Waals surface area contributed by atoms with Crippen LogP contribution in [-0.4, -0.2) is 22.9 Å². The first-order chi connectivity index (χ1) is 3.50. The summed E-state index contributed by atoms with van der Waals surface area (Å²) in [6.07, 6.45) is 3.92. The summed E-state index contributed by atoms with van der Waals surface area (Å²) in [6.45, 7) is 1.41. The minimum atomic E-state index is 0.232. The third-order valence-corrected chi connectivity index (χ3v) is 1.21. The first-order valence-electron chi connectivity index (χ1n) is 2.14. The van der Waals surface area contributed by atoms with E-state index < -0.39 is 0 Å². The summed E-state index contributed by atoms with van der Waals surface area (Å²) in [5.74, 6) is 0. The first kappa shape index (κ1) is 4.71. The van der Waals surface area contributed by atoms with Gasteiger partial charge >= 0.3 is 9.65 Å². The van der Waals surface area contributed by atoms with Crippen LogP contribution in [0.4, 0.5) is 0 Å². The summed E-state index contributed by atoms with van der Waals surface area (Å²) in [6, 6.07) is 0. The van der Waals surface area contributed by atoms with Crippen LogP contribution >= 0.6 is 0 Å². The highest BCUT2D eigenvalue weighted by Crippen LogP contribution is 1.77. The molecule has 0 aliphatic carbocycles. The number of hydrogen-bond acceptors (Lipinski definition) is 1. The summed E-state index contributed by atoms with van der Waals surface area (Å²) in [5, 5.41) is 0. The van der Waals surface area contributed by atoms with E-state index in [0.29, 0.717) is 13.2 Å². The molecule has 0 radical (unpaired) electrons. The molecule has 0 saturated carbocycles. The molecule has 0 saturated heterocycles. The molecule has 1 heterocycles. The lowest BCUT2D eigenvalue weighted by Gasteiger charge is -1.87. The molecule has 7 heavy (non-hydrogen) atoms. The fourth-order valence-corrected chi connectivity index (χ4v) is 0.754. The quantitative estimate of drug-likeness (QED) is 0.248. The Morgan fingerprint density at radius 2 is 2.57 bits per heavy atom. The van der Waals surface area contributed by atoms with Crippen molar-refractivity contribution in [1.29, 1.82) is 0 Å². The Hall–Kier alpha value is -0.443. The van der Waals surface area contributed by atoms with E-state index in [4.69, 9.17) is 8.52 Å². The van der Waals surface area contributed by atoms with Gasteiger partial charge in [-0.3, -0.25) is 0 Å². The molecule has 1 aliphatic rings. The van der Waals surface area contributed by atoms with E-state index in [1.165, 1.54) is 0 Å². The van der Waals surface area contributed by atoms with Crippen molar-refractivity contribution in [3.63, 3.8) is 0 Å². The largest absolute Gasteiger partial charge is 0.589 e. The van der Waals surface area contributed by atoms with Gasteiger partial charge in [0.1, 0.15) is 13.2 Å². The molecule has 3 heteroatoms. The van der Waals surface area contributed by atoms with E-state index in [1.807, 2.05) is 12.2 Å².